The average molecular weight is 479 g/mol. The van der Waals surface area contributed by atoms with Crippen LogP contribution in [0.4, 0.5) is 0 Å². The van der Waals surface area contributed by atoms with Crippen molar-refractivity contribution >= 4 is 38.2 Å². The zero-order valence-electron chi connectivity index (χ0n) is 19.1. The molecule has 1 aromatic heterocycles. The van der Waals surface area contributed by atoms with Crippen LogP contribution in [0.3, 0.4) is 0 Å². The van der Waals surface area contributed by atoms with Crippen molar-refractivity contribution in [3.8, 4) is 5.75 Å². The highest BCUT2D eigenvalue weighted by molar-refractivity contribution is 7.16. The monoisotopic (exact) mass is 478 g/mol. The molecule has 0 aliphatic heterocycles. The minimum absolute atomic E-state index is 0.0363. The van der Waals surface area contributed by atoms with Crippen molar-refractivity contribution in [3.05, 3.63) is 75.4 Å². The molecule has 3 aromatic carbocycles. The Kier molecular flexibility index (Phi) is 8.33. The first-order chi connectivity index (χ1) is 16.6. The predicted molar refractivity (Wildman–Crippen MR) is 138 cm³/mol. The summed E-state index contributed by atoms with van der Waals surface area (Å²) in [5.41, 5.74) is 2.73. The summed E-state index contributed by atoms with van der Waals surface area (Å²) in [6.07, 6.45) is 4.75. The van der Waals surface area contributed by atoms with Gasteiger partial charge in [0.2, 0.25) is 5.91 Å². The Morgan fingerprint density at radius 1 is 0.941 bits per heavy atom. The summed E-state index contributed by atoms with van der Waals surface area (Å²) < 4.78 is 6.56. The second-order valence-corrected chi connectivity index (χ2v) is 9.36. The molecule has 0 atom stereocenters. The lowest BCUT2D eigenvalue weighted by Gasteiger charge is -2.08. The van der Waals surface area contributed by atoms with Crippen LogP contribution in [0.1, 0.15) is 36.8 Å². The van der Waals surface area contributed by atoms with E-state index in [0.717, 1.165) is 47.3 Å². The molecule has 0 unspecified atom stereocenters. The van der Waals surface area contributed by atoms with Crippen LogP contribution in [0, 0.1) is 0 Å². The maximum atomic E-state index is 12.1. The van der Waals surface area contributed by atoms with Gasteiger partial charge >= 0.3 is 4.87 Å². The number of nitrogens with one attached hydrogen (secondary N) is 2. The number of H-pyrrole nitrogens is 1. The number of benzene rings is 3. The van der Waals surface area contributed by atoms with Gasteiger partial charge in [0.25, 0.3) is 0 Å². The lowest BCUT2D eigenvalue weighted by atomic mass is 10.0. The first-order valence-electron chi connectivity index (χ1n) is 11.8. The molecule has 6 nitrogen and oxygen atoms in total. The van der Waals surface area contributed by atoms with Crippen LogP contribution in [-0.2, 0) is 22.4 Å². The molecular weight excluding hydrogens is 448 g/mol. The number of carbonyl (C=O) groups is 1. The van der Waals surface area contributed by atoms with Gasteiger partial charge in [-0.1, -0.05) is 66.3 Å². The Bertz CT molecular complexity index is 1310. The molecule has 0 bridgehead atoms. The van der Waals surface area contributed by atoms with E-state index in [1.807, 2.05) is 0 Å². The van der Waals surface area contributed by atoms with Gasteiger partial charge in [0, 0.05) is 19.6 Å². The average Bonchev–Trinajstić information content (AvgIpc) is 3.25. The normalized spacial score (nSPS) is 11.3. The lowest BCUT2D eigenvalue weighted by Crippen LogP contribution is -2.25. The number of rotatable bonds is 12. The van der Waals surface area contributed by atoms with Crippen molar-refractivity contribution in [1.82, 2.24) is 10.3 Å². The third kappa shape index (κ3) is 6.24. The Morgan fingerprint density at radius 3 is 2.71 bits per heavy atom. The van der Waals surface area contributed by atoms with E-state index in [9.17, 15) is 14.7 Å². The molecule has 4 rings (SSSR count). The van der Waals surface area contributed by atoms with Gasteiger partial charge in [-0.2, -0.15) is 0 Å². The molecule has 34 heavy (non-hydrogen) atoms. The van der Waals surface area contributed by atoms with Crippen molar-refractivity contribution in [2.24, 2.45) is 0 Å². The number of aromatic nitrogens is 1. The smallest absolute Gasteiger partial charge is 0.305 e. The van der Waals surface area contributed by atoms with Gasteiger partial charge in [-0.15, -0.1) is 0 Å². The van der Waals surface area contributed by atoms with Crippen LogP contribution in [0.25, 0.3) is 21.0 Å². The second kappa shape index (κ2) is 11.8. The highest BCUT2D eigenvalue weighted by Crippen LogP contribution is 2.27. The van der Waals surface area contributed by atoms with Crippen LogP contribution in [0.15, 0.2) is 59.4 Å². The van der Waals surface area contributed by atoms with E-state index >= 15 is 0 Å². The van der Waals surface area contributed by atoms with E-state index in [1.54, 1.807) is 12.1 Å². The summed E-state index contributed by atoms with van der Waals surface area (Å²) in [5.74, 6) is 0.104. The minimum Gasteiger partial charge on any atom is -0.506 e. The molecule has 0 aliphatic carbocycles. The molecule has 0 aliphatic rings. The van der Waals surface area contributed by atoms with E-state index in [4.69, 9.17) is 4.74 Å². The maximum Gasteiger partial charge on any atom is 0.305 e. The van der Waals surface area contributed by atoms with Crippen LogP contribution >= 0.6 is 11.3 Å². The topological polar surface area (TPSA) is 91.4 Å². The first-order valence-corrected chi connectivity index (χ1v) is 12.6. The largest absolute Gasteiger partial charge is 0.506 e. The van der Waals surface area contributed by atoms with E-state index in [0.29, 0.717) is 38.1 Å². The van der Waals surface area contributed by atoms with Crippen LogP contribution in [-0.4, -0.2) is 35.8 Å². The van der Waals surface area contributed by atoms with Crippen LogP contribution < -0.4 is 10.2 Å². The number of hydrogen-bond donors (Lipinski definition) is 3. The van der Waals surface area contributed by atoms with Crippen molar-refractivity contribution in [2.75, 3.05) is 19.8 Å². The molecule has 1 amide bonds. The molecule has 3 N–H and O–H groups in total. The maximum absolute atomic E-state index is 12.1. The second-order valence-electron chi connectivity index (χ2n) is 8.37. The number of thiazole rings is 1. The highest BCUT2D eigenvalue weighted by Gasteiger charge is 2.10. The molecule has 7 heteroatoms. The summed E-state index contributed by atoms with van der Waals surface area (Å²) in [7, 11) is 0. The number of aromatic amines is 1. The number of hydrogen-bond acceptors (Lipinski definition) is 5. The Labute approximate surface area is 202 Å². The van der Waals surface area contributed by atoms with E-state index < -0.39 is 0 Å². The third-order valence-corrected chi connectivity index (χ3v) is 6.90. The van der Waals surface area contributed by atoms with Gasteiger partial charge in [0.1, 0.15) is 11.3 Å². The summed E-state index contributed by atoms with van der Waals surface area (Å²) in [4.78, 5) is 26.2. The molecule has 0 saturated heterocycles. The van der Waals surface area contributed by atoms with Crippen molar-refractivity contribution < 1.29 is 14.6 Å². The third-order valence-electron chi connectivity index (χ3n) is 5.94. The van der Waals surface area contributed by atoms with E-state index in [-0.39, 0.29) is 16.5 Å². The number of phenolic OH excluding ortho intramolecular Hbond substituents is 1. The first kappa shape index (κ1) is 24.0. The lowest BCUT2D eigenvalue weighted by molar-refractivity contribution is -0.121. The summed E-state index contributed by atoms with van der Waals surface area (Å²) in [5, 5.41) is 15.4. The standard InChI is InChI=1S/C27H30N2O4S/c30-23-13-12-21(26-25(23)29-27(32)34-26)14-16-28-24(31)11-2-1-5-17-33-18-15-20-9-6-8-19-7-3-4-10-22(19)20/h3-4,6-10,12-13,30H,1-2,5,11,14-18H2,(H,28,31)(H,29,32). The van der Waals surface area contributed by atoms with E-state index in [1.165, 1.54) is 16.3 Å². The van der Waals surface area contributed by atoms with Gasteiger partial charge in [0.15, 0.2) is 0 Å². The van der Waals surface area contributed by atoms with Gasteiger partial charge in [-0.3, -0.25) is 9.59 Å². The van der Waals surface area contributed by atoms with Gasteiger partial charge in [-0.25, -0.2) is 0 Å². The predicted octanol–water partition coefficient (Wildman–Crippen LogP) is 4.93. The molecule has 0 saturated carbocycles. The molecule has 4 aromatic rings. The Balaban J connectivity index is 1.07. The fourth-order valence-corrected chi connectivity index (χ4v) is 5.05. The molecular formula is C27H30N2O4S. The number of amides is 1. The van der Waals surface area contributed by atoms with Crippen molar-refractivity contribution in [3.63, 3.8) is 0 Å². The highest BCUT2D eigenvalue weighted by atomic mass is 32.1. The Hall–Kier alpha value is -3.16. The van der Waals surface area contributed by atoms with Gasteiger partial charge in [0.05, 0.1) is 11.3 Å². The van der Waals surface area contributed by atoms with Gasteiger partial charge in [-0.05, 0) is 53.6 Å². The zero-order chi connectivity index (χ0) is 23.8. The summed E-state index contributed by atoms with van der Waals surface area (Å²) in [6, 6.07) is 18.2. The molecule has 0 fully saturated rings. The SMILES string of the molecule is O=C(CCCCCOCCc1cccc2ccccc12)NCCc1ccc(O)c2[nH]c(=O)sc12. The summed E-state index contributed by atoms with van der Waals surface area (Å²) in [6.45, 7) is 1.92. The fourth-order valence-electron chi connectivity index (χ4n) is 4.16. The fraction of sp³-hybridized carbons (Fsp3) is 0.333. The van der Waals surface area contributed by atoms with Crippen LogP contribution in [0.2, 0.25) is 0 Å². The number of aromatic hydroxyl groups is 1. The molecule has 0 radical (unpaired) electrons. The quantitative estimate of drug-likeness (QED) is 0.252. The Morgan fingerprint density at radius 2 is 1.79 bits per heavy atom. The van der Waals surface area contributed by atoms with Crippen molar-refractivity contribution in [1.29, 1.82) is 0 Å². The number of carbonyl (C=O) groups excluding carboxylic acids is 1. The molecule has 178 valence electrons. The summed E-state index contributed by atoms with van der Waals surface area (Å²) >= 11 is 1.08. The number of phenols is 1. The van der Waals surface area contributed by atoms with Gasteiger partial charge < -0.3 is 20.1 Å². The zero-order valence-corrected chi connectivity index (χ0v) is 20.0. The number of ether oxygens (including phenoxy) is 1. The van der Waals surface area contributed by atoms with Crippen molar-refractivity contribution in [2.45, 2.75) is 38.5 Å². The number of unbranched alkanes of at least 4 members (excludes halogenated alkanes) is 2. The van der Waals surface area contributed by atoms with E-state index in [2.05, 4.69) is 52.8 Å². The molecule has 1 heterocycles. The number of fused-ring (bicyclic) bond motifs is 2. The minimum atomic E-state index is -0.195. The van der Waals surface area contributed by atoms with Crippen LogP contribution in [0.5, 0.6) is 5.75 Å². The molecule has 0 spiro atoms.